The molecule has 0 radical (unpaired) electrons. The summed E-state index contributed by atoms with van der Waals surface area (Å²) in [5.41, 5.74) is 0.289. The first-order valence-corrected chi connectivity index (χ1v) is 5.44. The molecule has 0 atom stereocenters. The van der Waals surface area contributed by atoms with Crippen molar-refractivity contribution in [3.63, 3.8) is 0 Å². The quantitative estimate of drug-likeness (QED) is 0.770. The van der Waals surface area contributed by atoms with Crippen molar-refractivity contribution < 1.29 is 0 Å². The molecule has 0 aliphatic carbocycles. The molecule has 1 saturated heterocycles. The van der Waals surface area contributed by atoms with Gasteiger partial charge in [0.25, 0.3) is 0 Å². The predicted molar refractivity (Wildman–Crippen MR) is 61.6 cm³/mol. The van der Waals surface area contributed by atoms with E-state index in [0.29, 0.717) is 5.65 Å². The molecule has 3 heterocycles. The minimum atomic E-state index is -0.326. The Bertz CT molecular complexity index is 571. The normalized spacial score (nSPS) is 15.9. The Kier molecular flexibility index (Phi) is 2.09. The highest BCUT2D eigenvalue weighted by Gasteiger charge is 2.17. The van der Waals surface area contributed by atoms with Crippen molar-refractivity contribution in [3.05, 3.63) is 28.8 Å². The van der Waals surface area contributed by atoms with Crippen LogP contribution in [-0.4, -0.2) is 28.0 Å². The summed E-state index contributed by atoms with van der Waals surface area (Å²) >= 11 is 0. The summed E-state index contributed by atoms with van der Waals surface area (Å²) in [5.74, 6) is 0.768. The number of H-pyrrole nitrogens is 1. The number of pyridine rings is 1. The van der Waals surface area contributed by atoms with E-state index < -0.39 is 0 Å². The molecular weight excluding hydrogens is 204 g/mol. The Labute approximate surface area is 92.1 Å². The van der Waals surface area contributed by atoms with Crippen LogP contribution in [0.3, 0.4) is 0 Å². The van der Waals surface area contributed by atoms with Gasteiger partial charge in [-0.25, -0.2) is 9.78 Å². The Morgan fingerprint density at radius 3 is 2.94 bits per heavy atom. The molecular formula is C11H12N4O. The van der Waals surface area contributed by atoms with Gasteiger partial charge in [-0.15, -0.1) is 0 Å². The van der Waals surface area contributed by atoms with Crippen LogP contribution in [-0.2, 0) is 0 Å². The van der Waals surface area contributed by atoms with Crippen molar-refractivity contribution in [2.24, 2.45) is 0 Å². The van der Waals surface area contributed by atoms with Crippen LogP contribution < -0.4 is 10.6 Å². The fraction of sp³-hybridized carbons (Fsp3) is 0.364. The van der Waals surface area contributed by atoms with E-state index in [1.165, 1.54) is 0 Å². The van der Waals surface area contributed by atoms with Gasteiger partial charge in [0.05, 0.1) is 5.39 Å². The Morgan fingerprint density at radius 1 is 1.31 bits per heavy atom. The molecule has 0 unspecified atom stereocenters. The van der Waals surface area contributed by atoms with Crippen LogP contribution in [0.2, 0.25) is 0 Å². The van der Waals surface area contributed by atoms with Crippen molar-refractivity contribution in [2.45, 2.75) is 12.8 Å². The maximum Gasteiger partial charge on any atom is 0.348 e. The first kappa shape index (κ1) is 9.33. The molecule has 0 aromatic carbocycles. The lowest BCUT2D eigenvalue weighted by atomic mass is 10.3. The SMILES string of the molecule is O=c1nc(N2CCCC2)c2cccnc2[nH]1. The Hall–Kier alpha value is -1.91. The molecule has 5 heteroatoms. The van der Waals surface area contributed by atoms with E-state index in [1.54, 1.807) is 6.20 Å². The number of anilines is 1. The number of aromatic amines is 1. The number of rotatable bonds is 1. The molecule has 5 nitrogen and oxygen atoms in total. The van der Waals surface area contributed by atoms with Gasteiger partial charge in [-0.05, 0) is 25.0 Å². The van der Waals surface area contributed by atoms with E-state index in [-0.39, 0.29) is 5.69 Å². The lowest BCUT2D eigenvalue weighted by Crippen LogP contribution is -2.24. The second-order valence-electron chi connectivity index (χ2n) is 3.96. The standard InChI is InChI=1S/C11H12N4O/c16-11-13-9-8(4-3-5-12-9)10(14-11)15-6-1-2-7-15/h3-5H,1-2,6-7H2,(H,12,13,14,16). The average Bonchev–Trinajstić information content (AvgIpc) is 2.81. The fourth-order valence-corrected chi connectivity index (χ4v) is 2.14. The minimum Gasteiger partial charge on any atom is -0.356 e. The number of nitrogens with one attached hydrogen (secondary N) is 1. The molecule has 0 spiro atoms. The summed E-state index contributed by atoms with van der Waals surface area (Å²) in [6, 6.07) is 3.81. The van der Waals surface area contributed by atoms with Crippen LogP contribution in [0, 0.1) is 0 Å². The molecule has 0 bridgehead atoms. The highest BCUT2D eigenvalue weighted by atomic mass is 16.1. The first-order chi connectivity index (χ1) is 7.84. The van der Waals surface area contributed by atoms with Gasteiger partial charge in [-0.3, -0.25) is 4.98 Å². The van der Waals surface area contributed by atoms with Crippen LogP contribution >= 0.6 is 0 Å². The lowest BCUT2D eigenvalue weighted by Gasteiger charge is -2.17. The lowest BCUT2D eigenvalue weighted by molar-refractivity contribution is 0.924. The maximum atomic E-state index is 11.4. The summed E-state index contributed by atoms with van der Waals surface area (Å²) in [6.07, 6.45) is 4.00. The van der Waals surface area contributed by atoms with Crippen molar-refractivity contribution in [3.8, 4) is 0 Å². The zero-order valence-electron chi connectivity index (χ0n) is 8.81. The van der Waals surface area contributed by atoms with Crippen LogP contribution in [0.25, 0.3) is 11.0 Å². The second-order valence-corrected chi connectivity index (χ2v) is 3.96. The van der Waals surface area contributed by atoms with Crippen LogP contribution in [0.1, 0.15) is 12.8 Å². The van der Waals surface area contributed by atoms with Crippen LogP contribution in [0.15, 0.2) is 23.1 Å². The predicted octanol–water partition coefficient (Wildman–Crippen LogP) is 0.918. The third kappa shape index (κ3) is 1.44. The first-order valence-electron chi connectivity index (χ1n) is 5.44. The monoisotopic (exact) mass is 216 g/mol. The van der Waals surface area contributed by atoms with E-state index in [4.69, 9.17) is 0 Å². The van der Waals surface area contributed by atoms with Gasteiger partial charge in [0.1, 0.15) is 11.5 Å². The van der Waals surface area contributed by atoms with E-state index in [1.807, 2.05) is 12.1 Å². The molecule has 82 valence electrons. The van der Waals surface area contributed by atoms with Gasteiger partial charge in [0, 0.05) is 19.3 Å². The van der Waals surface area contributed by atoms with E-state index >= 15 is 0 Å². The molecule has 2 aromatic rings. The smallest absolute Gasteiger partial charge is 0.348 e. The molecule has 2 aromatic heterocycles. The van der Waals surface area contributed by atoms with Gasteiger partial charge in [0.2, 0.25) is 0 Å². The second kappa shape index (κ2) is 3.59. The van der Waals surface area contributed by atoms with Crippen molar-refractivity contribution in [1.82, 2.24) is 15.0 Å². The van der Waals surface area contributed by atoms with Crippen molar-refractivity contribution in [2.75, 3.05) is 18.0 Å². The maximum absolute atomic E-state index is 11.4. The molecule has 1 aliphatic heterocycles. The topological polar surface area (TPSA) is 61.9 Å². The summed E-state index contributed by atoms with van der Waals surface area (Å²) in [4.78, 5) is 24.4. The summed E-state index contributed by atoms with van der Waals surface area (Å²) in [6.45, 7) is 1.95. The highest BCUT2D eigenvalue weighted by molar-refractivity contribution is 5.86. The average molecular weight is 216 g/mol. The molecule has 1 fully saturated rings. The van der Waals surface area contributed by atoms with Crippen LogP contribution in [0.4, 0.5) is 5.82 Å². The summed E-state index contributed by atoms with van der Waals surface area (Å²) in [7, 11) is 0. The van der Waals surface area contributed by atoms with Gasteiger partial charge >= 0.3 is 5.69 Å². The van der Waals surface area contributed by atoms with E-state index in [2.05, 4.69) is 19.9 Å². The number of hydrogen-bond acceptors (Lipinski definition) is 4. The number of fused-ring (bicyclic) bond motifs is 1. The van der Waals surface area contributed by atoms with E-state index in [9.17, 15) is 4.79 Å². The zero-order chi connectivity index (χ0) is 11.0. The number of aromatic nitrogens is 3. The van der Waals surface area contributed by atoms with Crippen molar-refractivity contribution >= 4 is 16.9 Å². The van der Waals surface area contributed by atoms with Crippen LogP contribution in [0.5, 0.6) is 0 Å². The zero-order valence-corrected chi connectivity index (χ0v) is 8.81. The molecule has 3 rings (SSSR count). The summed E-state index contributed by atoms with van der Waals surface area (Å²) in [5, 5.41) is 0.920. The number of hydrogen-bond donors (Lipinski definition) is 1. The Morgan fingerprint density at radius 2 is 2.12 bits per heavy atom. The minimum absolute atomic E-state index is 0.326. The molecule has 1 N–H and O–H groups in total. The van der Waals surface area contributed by atoms with Gasteiger partial charge in [-0.1, -0.05) is 0 Å². The Balaban J connectivity index is 2.25. The molecule has 16 heavy (non-hydrogen) atoms. The van der Waals surface area contributed by atoms with Crippen molar-refractivity contribution in [1.29, 1.82) is 0 Å². The third-order valence-corrected chi connectivity index (χ3v) is 2.89. The molecule has 0 amide bonds. The highest BCUT2D eigenvalue weighted by Crippen LogP contribution is 2.23. The summed E-state index contributed by atoms with van der Waals surface area (Å²) < 4.78 is 0. The number of nitrogens with zero attached hydrogens (tertiary/aromatic N) is 3. The fourth-order valence-electron chi connectivity index (χ4n) is 2.14. The third-order valence-electron chi connectivity index (χ3n) is 2.89. The molecule has 0 saturated carbocycles. The van der Waals surface area contributed by atoms with Gasteiger partial charge in [-0.2, -0.15) is 4.98 Å². The van der Waals surface area contributed by atoms with E-state index in [0.717, 1.165) is 37.1 Å². The van der Waals surface area contributed by atoms with Gasteiger partial charge < -0.3 is 4.90 Å². The van der Waals surface area contributed by atoms with Gasteiger partial charge in [0.15, 0.2) is 0 Å². The molecule has 1 aliphatic rings. The largest absolute Gasteiger partial charge is 0.356 e.